The number of piperazine rings is 1. The molecule has 0 atom stereocenters. The number of anilines is 5. The first-order chi connectivity index (χ1) is 21.5. The van der Waals surface area contributed by atoms with Crippen molar-refractivity contribution in [1.82, 2.24) is 19.8 Å². The summed E-state index contributed by atoms with van der Waals surface area (Å²) in [5, 5.41) is 8.77. The molecule has 2 fully saturated rings. The third-order valence-corrected chi connectivity index (χ3v) is 11.7. The molecule has 0 aliphatic carbocycles. The van der Waals surface area contributed by atoms with E-state index in [0.717, 1.165) is 37.3 Å². The van der Waals surface area contributed by atoms with E-state index in [1.165, 1.54) is 72.3 Å². The van der Waals surface area contributed by atoms with Crippen LogP contribution in [0, 0.1) is 13.8 Å². The highest BCUT2D eigenvalue weighted by atomic mass is 35.5. The predicted octanol–water partition coefficient (Wildman–Crippen LogP) is 7.13. The summed E-state index contributed by atoms with van der Waals surface area (Å²) in [6.45, 7) is 16.3. The molecular weight excluding hydrogens is 620 g/mol. The van der Waals surface area contributed by atoms with Crippen LogP contribution >= 0.6 is 30.1 Å². The first-order valence-electron chi connectivity index (χ1n) is 16.2. The smallest absolute Gasteiger partial charge is 0.229 e. The van der Waals surface area contributed by atoms with Gasteiger partial charge in [-0.05, 0) is 100 Å². The summed E-state index contributed by atoms with van der Waals surface area (Å²) in [4.78, 5) is 17.1. The second-order valence-electron chi connectivity index (χ2n) is 13.2. The fraction of sp³-hybridized carbons (Fsp3) is 0.514. The Morgan fingerprint density at radius 3 is 2.33 bits per heavy atom. The van der Waals surface area contributed by atoms with Gasteiger partial charge in [0.15, 0.2) is 5.82 Å². The zero-order chi connectivity index (χ0) is 32.3. The fourth-order valence-electron chi connectivity index (χ4n) is 6.79. The molecular formula is C35H50Cl2N7P. The van der Waals surface area contributed by atoms with Crippen LogP contribution in [0.5, 0.6) is 0 Å². The van der Waals surface area contributed by atoms with Crippen LogP contribution in [0.3, 0.4) is 0 Å². The number of rotatable bonds is 10. The Morgan fingerprint density at radius 2 is 1.69 bits per heavy atom. The molecule has 0 bridgehead atoms. The zero-order valence-corrected chi connectivity index (χ0v) is 30.3. The van der Waals surface area contributed by atoms with Gasteiger partial charge in [0.1, 0.15) is 5.02 Å². The van der Waals surface area contributed by atoms with Crippen LogP contribution in [0.1, 0.15) is 42.0 Å². The minimum Gasteiger partial charge on any atom is -0.371 e. The van der Waals surface area contributed by atoms with Gasteiger partial charge in [0, 0.05) is 73.6 Å². The Morgan fingerprint density at radius 1 is 0.978 bits per heavy atom. The number of benzene rings is 2. The molecule has 3 heterocycles. The normalized spacial score (nSPS) is 17.1. The highest BCUT2D eigenvalue weighted by molar-refractivity contribution is 7.79. The molecule has 7 nitrogen and oxygen atoms in total. The molecule has 2 saturated heterocycles. The lowest BCUT2D eigenvalue weighted by atomic mass is 9.97. The second-order valence-corrected chi connectivity index (χ2v) is 17.8. The van der Waals surface area contributed by atoms with Crippen LogP contribution < -0.4 is 20.8 Å². The number of hydrogen-bond donors (Lipinski definition) is 2. The third kappa shape index (κ3) is 8.00. The number of alkyl halides is 1. The van der Waals surface area contributed by atoms with Gasteiger partial charge >= 0.3 is 0 Å². The van der Waals surface area contributed by atoms with Crippen molar-refractivity contribution in [3.05, 3.63) is 57.7 Å². The number of hydrogen-bond acceptors (Lipinski definition) is 7. The first-order valence-corrected chi connectivity index (χ1v) is 20.0. The maximum absolute atomic E-state index is 6.64. The van der Waals surface area contributed by atoms with Crippen molar-refractivity contribution in [1.29, 1.82) is 0 Å². The zero-order valence-electron chi connectivity index (χ0n) is 27.9. The minimum absolute atomic E-state index is 0.471. The van der Waals surface area contributed by atoms with Gasteiger partial charge in [0.2, 0.25) is 5.95 Å². The van der Waals surface area contributed by atoms with Crippen molar-refractivity contribution in [2.75, 3.05) is 81.1 Å². The number of aryl methyl sites for hydroxylation is 3. The number of halogens is 2. The minimum atomic E-state index is -1.58. The number of aromatic nitrogens is 2. The SMILES string of the molecule is C=P(C)(C)c1c(Nc2nc(Nc3cc(CCCl)c(N4CCC(N5CCN(C)CC5)CC4)cc3CC)ncc2Cl)ccc(C)c1C. The molecule has 2 aromatic carbocycles. The topological polar surface area (TPSA) is 59.6 Å². The monoisotopic (exact) mass is 669 g/mol. The van der Waals surface area contributed by atoms with E-state index in [1.807, 2.05) is 0 Å². The number of piperidine rings is 1. The lowest BCUT2D eigenvalue weighted by Crippen LogP contribution is -2.52. The molecule has 244 valence electrons. The summed E-state index contributed by atoms with van der Waals surface area (Å²) < 4.78 is 0. The Kier molecular flexibility index (Phi) is 11.1. The maximum Gasteiger partial charge on any atom is 0.229 e. The van der Waals surface area contributed by atoms with Crippen molar-refractivity contribution in [3.63, 3.8) is 0 Å². The molecule has 3 aromatic rings. The van der Waals surface area contributed by atoms with Crippen LogP contribution in [0.2, 0.25) is 5.02 Å². The van der Waals surface area contributed by atoms with Crippen molar-refractivity contribution in [2.45, 2.75) is 52.5 Å². The fourth-order valence-corrected chi connectivity index (χ4v) is 8.99. The van der Waals surface area contributed by atoms with Gasteiger partial charge in [-0.2, -0.15) is 4.98 Å². The molecule has 1 aromatic heterocycles. The summed E-state index contributed by atoms with van der Waals surface area (Å²) in [5.41, 5.74) is 8.34. The van der Waals surface area contributed by atoms with Crippen LogP contribution in [0.4, 0.5) is 28.8 Å². The lowest BCUT2D eigenvalue weighted by Gasteiger charge is -2.43. The highest BCUT2D eigenvalue weighted by Crippen LogP contribution is 2.41. The standard InChI is InChI=1S/C35H50Cl2N7P/c1-8-26-22-32(44-15-12-28(13-16-44)43-19-17-42(4)18-20-43)27(11-14-36)21-31(26)40-35-38-23-29(37)34(41-35)39-30-10-9-24(2)25(3)33(30)45(5,6)7/h9-10,21-23,28H,5,8,11-20H2,1-4,6-7H3,(H2,38,39,40,41). The second kappa shape index (κ2) is 14.6. The summed E-state index contributed by atoms with van der Waals surface area (Å²) in [7, 11) is 2.23. The van der Waals surface area contributed by atoms with E-state index in [-0.39, 0.29) is 0 Å². The Hall–Kier alpha value is -2.28. The molecule has 0 amide bonds. The van der Waals surface area contributed by atoms with E-state index in [0.29, 0.717) is 28.7 Å². The summed E-state index contributed by atoms with van der Waals surface area (Å²) >= 11 is 13.0. The number of nitrogens with one attached hydrogen (secondary N) is 2. The van der Waals surface area contributed by atoms with Gasteiger partial charge in [-0.25, -0.2) is 4.98 Å². The van der Waals surface area contributed by atoms with Crippen molar-refractivity contribution in [2.24, 2.45) is 0 Å². The van der Waals surface area contributed by atoms with Gasteiger partial charge < -0.3 is 20.4 Å². The number of likely N-dealkylation sites (N-methyl/N-ethyl adjacent to an activating group) is 1. The molecule has 10 heteroatoms. The van der Waals surface area contributed by atoms with Crippen molar-refractivity contribution in [3.8, 4) is 0 Å². The van der Waals surface area contributed by atoms with E-state index < -0.39 is 6.89 Å². The van der Waals surface area contributed by atoms with E-state index in [4.69, 9.17) is 28.2 Å². The maximum atomic E-state index is 6.64. The quantitative estimate of drug-likeness (QED) is 0.176. The van der Waals surface area contributed by atoms with Gasteiger partial charge in [-0.3, -0.25) is 4.90 Å². The van der Waals surface area contributed by atoms with Crippen LogP contribution in [-0.2, 0) is 12.8 Å². The van der Waals surface area contributed by atoms with Crippen LogP contribution in [0.25, 0.3) is 0 Å². The summed E-state index contributed by atoms with van der Waals surface area (Å²) in [6.07, 6.45) is 10.3. The van der Waals surface area contributed by atoms with Crippen LogP contribution in [-0.4, -0.2) is 97.6 Å². The van der Waals surface area contributed by atoms with Crippen LogP contribution in [0.15, 0.2) is 30.5 Å². The Labute approximate surface area is 280 Å². The average Bonchev–Trinajstić information content (AvgIpc) is 3.01. The summed E-state index contributed by atoms with van der Waals surface area (Å²) in [5.74, 6) is 1.65. The van der Waals surface area contributed by atoms with Gasteiger partial charge in [0.25, 0.3) is 0 Å². The molecule has 0 spiro atoms. The van der Waals surface area contributed by atoms with E-state index >= 15 is 0 Å². The predicted molar refractivity (Wildman–Crippen MR) is 200 cm³/mol. The van der Waals surface area contributed by atoms with Gasteiger partial charge in [-0.15, -0.1) is 11.6 Å². The van der Waals surface area contributed by atoms with E-state index in [1.54, 1.807) is 6.20 Å². The highest BCUT2D eigenvalue weighted by Gasteiger charge is 2.28. The van der Waals surface area contributed by atoms with Gasteiger partial charge in [-0.1, -0.05) is 37.8 Å². The molecule has 0 unspecified atom stereocenters. The molecule has 2 aliphatic heterocycles. The van der Waals surface area contributed by atoms with Crippen molar-refractivity contribution >= 4 is 70.5 Å². The first kappa shape index (κ1) is 34.1. The molecule has 0 saturated carbocycles. The molecule has 0 radical (unpaired) electrons. The molecule has 2 N–H and O–H groups in total. The van der Waals surface area contributed by atoms with E-state index in [2.05, 4.69) is 102 Å². The third-order valence-electron chi connectivity index (χ3n) is 9.46. The molecule has 2 aliphatic rings. The van der Waals surface area contributed by atoms with Crippen molar-refractivity contribution < 1.29 is 0 Å². The number of nitrogens with zero attached hydrogens (tertiary/aromatic N) is 5. The molecule has 45 heavy (non-hydrogen) atoms. The lowest BCUT2D eigenvalue weighted by molar-refractivity contribution is 0.0982. The summed E-state index contributed by atoms with van der Waals surface area (Å²) in [6, 6.07) is 9.54. The average molecular weight is 671 g/mol. The molecule has 5 rings (SSSR count). The largest absolute Gasteiger partial charge is 0.371 e. The Bertz CT molecular complexity index is 1540. The Balaban J connectivity index is 1.37. The van der Waals surface area contributed by atoms with Gasteiger partial charge in [0.05, 0.1) is 6.20 Å². The van der Waals surface area contributed by atoms with E-state index in [9.17, 15) is 0 Å².